The SMILES string of the molecule is OC12CC3CC(C1)CC(NCc1ccn4nc(-c5ccccn5)nc(Nc5ccncc5F)c14)(C3)C2. The number of hydrogen-bond donors (Lipinski definition) is 3. The monoisotopic (exact) mass is 485 g/mol. The summed E-state index contributed by atoms with van der Waals surface area (Å²) in [4.78, 5) is 13.0. The van der Waals surface area contributed by atoms with Gasteiger partial charge in [0, 0.05) is 30.7 Å². The minimum absolute atomic E-state index is 0.0351. The van der Waals surface area contributed by atoms with Crippen molar-refractivity contribution in [2.45, 2.75) is 56.2 Å². The Morgan fingerprint density at radius 2 is 1.94 bits per heavy atom. The Balaban J connectivity index is 1.26. The second-order valence-corrected chi connectivity index (χ2v) is 10.9. The van der Waals surface area contributed by atoms with Crippen LogP contribution in [0.1, 0.15) is 44.1 Å². The number of nitrogens with one attached hydrogen (secondary N) is 2. The van der Waals surface area contributed by atoms with Gasteiger partial charge in [-0.3, -0.25) is 9.97 Å². The van der Waals surface area contributed by atoms with Crippen LogP contribution in [0.4, 0.5) is 15.9 Å². The van der Waals surface area contributed by atoms with Crippen LogP contribution in [-0.2, 0) is 6.54 Å². The van der Waals surface area contributed by atoms with Gasteiger partial charge in [0.15, 0.2) is 11.6 Å². The Morgan fingerprint density at radius 3 is 2.69 bits per heavy atom. The summed E-state index contributed by atoms with van der Waals surface area (Å²) in [5.41, 5.74) is 2.16. The molecule has 184 valence electrons. The summed E-state index contributed by atoms with van der Waals surface area (Å²) in [6.45, 7) is 0.617. The third-order valence-corrected chi connectivity index (χ3v) is 8.20. The lowest BCUT2D eigenvalue weighted by Crippen LogP contribution is -2.64. The molecule has 4 saturated carbocycles. The van der Waals surface area contributed by atoms with Gasteiger partial charge in [0.05, 0.1) is 17.5 Å². The summed E-state index contributed by atoms with van der Waals surface area (Å²) in [6, 6.07) is 9.19. The van der Waals surface area contributed by atoms with E-state index < -0.39 is 11.4 Å². The van der Waals surface area contributed by atoms with Gasteiger partial charge in [0.2, 0.25) is 5.82 Å². The minimum atomic E-state index is -0.522. The van der Waals surface area contributed by atoms with E-state index in [2.05, 4.69) is 20.6 Å². The molecule has 4 aromatic heterocycles. The van der Waals surface area contributed by atoms with Crippen molar-refractivity contribution in [3.05, 3.63) is 66.5 Å². The van der Waals surface area contributed by atoms with Crippen molar-refractivity contribution in [2.24, 2.45) is 11.8 Å². The van der Waals surface area contributed by atoms with Gasteiger partial charge in [-0.05, 0) is 80.2 Å². The molecule has 4 bridgehead atoms. The topological polar surface area (TPSA) is 100 Å². The first-order chi connectivity index (χ1) is 17.5. The maximum atomic E-state index is 14.5. The zero-order chi connectivity index (χ0) is 24.3. The third-order valence-electron chi connectivity index (χ3n) is 8.20. The van der Waals surface area contributed by atoms with Crippen molar-refractivity contribution >= 4 is 17.0 Å². The quantitative estimate of drug-likeness (QED) is 0.376. The number of aromatic nitrogens is 5. The van der Waals surface area contributed by atoms with Crippen molar-refractivity contribution in [3.8, 4) is 11.5 Å². The summed E-state index contributed by atoms with van der Waals surface area (Å²) in [7, 11) is 0. The van der Waals surface area contributed by atoms with E-state index in [9.17, 15) is 9.50 Å². The largest absolute Gasteiger partial charge is 0.390 e. The Labute approximate surface area is 208 Å². The Hall–Kier alpha value is -3.43. The van der Waals surface area contributed by atoms with Crippen LogP contribution in [-0.4, -0.2) is 40.8 Å². The molecule has 4 aliphatic carbocycles. The number of rotatable bonds is 6. The molecule has 2 unspecified atom stereocenters. The maximum absolute atomic E-state index is 14.5. The van der Waals surface area contributed by atoms with Crippen LogP contribution in [0.2, 0.25) is 0 Å². The fourth-order valence-electron chi connectivity index (χ4n) is 7.23. The molecular formula is C27H28FN7O. The Morgan fingerprint density at radius 1 is 1.08 bits per heavy atom. The van der Waals surface area contributed by atoms with E-state index in [0.29, 0.717) is 41.4 Å². The van der Waals surface area contributed by atoms with Gasteiger partial charge in [0.1, 0.15) is 11.2 Å². The molecule has 4 aromatic rings. The van der Waals surface area contributed by atoms with Crippen molar-refractivity contribution in [1.29, 1.82) is 0 Å². The molecule has 2 atom stereocenters. The average molecular weight is 486 g/mol. The molecule has 36 heavy (non-hydrogen) atoms. The van der Waals surface area contributed by atoms with Crippen LogP contribution in [0.15, 0.2) is 55.1 Å². The summed E-state index contributed by atoms with van der Waals surface area (Å²) in [5.74, 6) is 1.69. The minimum Gasteiger partial charge on any atom is -0.390 e. The summed E-state index contributed by atoms with van der Waals surface area (Å²) in [6.07, 6.45) is 12.5. The average Bonchev–Trinajstić information content (AvgIpc) is 3.27. The normalized spacial score (nSPS) is 28.6. The molecule has 0 radical (unpaired) electrons. The summed E-state index contributed by atoms with van der Waals surface area (Å²) in [5, 5.41) is 22.9. The van der Waals surface area contributed by atoms with Crippen LogP contribution in [0, 0.1) is 17.7 Å². The molecular weight excluding hydrogens is 457 g/mol. The third kappa shape index (κ3) is 3.74. The number of nitrogens with zero attached hydrogens (tertiary/aromatic N) is 5. The van der Waals surface area contributed by atoms with Crippen LogP contribution in [0.25, 0.3) is 17.0 Å². The first-order valence-corrected chi connectivity index (χ1v) is 12.6. The van der Waals surface area contributed by atoms with E-state index in [1.807, 2.05) is 30.5 Å². The van der Waals surface area contributed by atoms with Gasteiger partial charge in [-0.2, -0.15) is 0 Å². The highest BCUT2D eigenvalue weighted by Crippen LogP contribution is 2.57. The molecule has 8 rings (SSSR count). The van der Waals surface area contributed by atoms with Crippen LogP contribution < -0.4 is 10.6 Å². The molecule has 4 heterocycles. The van der Waals surface area contributed by atoms with Gasteiger partial charge in [-0.15, -0.1) is 5.10 Å². The number of hydrogen-bond acceptors (Lipinski definition) is 7. The summed E-state index contributed by atoms with van der Waals surface area (Å²) >= 11 is 0. The molecule has 9 heteroatoms. The molecule has 4 fully saturated rings. The highest BCUT2D eigenvalue weighted by molar-refractivity contribution is 5.78. The van der Waals surface area contributed by atoms with Crippen molar-refractivity contribution in [1.82, 2.24) is 29.9 Å². The van der Waals surface area contributed by atoms with E-state index >= 15 is 0 Å². The molecule has 0 saturated heterocycles. The van der Waals surface area contributed by atoms with Crippen molar-refractivity contribution in [2.75, 3.05) is 5.32 Å². The lowest BCUT2D eigenvalue weighted by molar-refractivity contribution is -0.142. The van der Waals surface area contributed by atoms with E-state index in [1.165, 1.54) is 12.6 Å². The fourth-order valence-corrected chi connectivity index (χ4v) is 7.23. The van der Waals surface area contributed by atoms with E-state index in [4.69, 9.17) is 10.1 Å². The molecule has 3 N–H and O–H groups in total. The van der Waals surface area contributed by atoms with Crippen LogP contribution in [0.5, 0.6) is 0 Å². The lowest BCUT2D eigenvalue weighted by atomic mass is 9.51. The van der Waals surface area contributed by atoms with Crippen molar-refractivity contribution < 1.29 is 9.50 Å². The smallest absolute Gasteiger partial charge is 0.200 e. The molecule has 0 aromatic carbocycles. The molecule has 0 spiro atoms. The predicted octanol–water partition coefficient (Wildman–Crippen LogP) is 4.24. The maximum Gasteiger partial charge on any atom is 0.200 e. The number of pyridine rings is 2. The van der Waals surface area contributed by atoms with Gasteiger partial charge >= 0.3 is 0 Å². The molecule has 0 amide bonds. The summed E-state index contributed by atoms with van der Waals surface area (Å²) < 4.78 is 16.3. The fraction of sp³-hybridized carbons (Fsp3) is 0.407. The Bertz CT molecular complexity index is 1420. The Kier molecular flexibility index (Phi) is 4.87. The number of anilines is 2. The van der Waals surface area contributed by atoms with Gasteiger partial charge in [-0.1, -0.05) is 6.07 Å². The van der Waals surface area contributed by atoms with Crippen molar-refractivity contribution in [3.63, 3.8) is 0 Å². The molecule has 4 aliphatic rings. The standard InChI is InChI=1S/C27H28FN7O/c28-20-15-29-7-4-21(20)32-25-23-19(5-8-35(23)34-24(33-25)22-3-1-2-6-30-22)14-31-26-10-17-9-18(11-26)13-27(36,12-17)16-26/h1-8,15,17-18,31,36H,9-14,16H2,(H,29,32,33,34). The van der Waals surface area contributed by atoms with Gasteiger partial charge in [-0.25, -0.2) is 13.9 Å². The lowest BCUT2D eigenvalue weighted by Gasteiger charge is -2.60. The van der Waals surface area contributed by atoms with E-state index in [-0.39, 0.29) is 5.54 Å². The van der Waals surface area contributed by atoms with Crippen LogP contribution in [0.3, 0.4) is 0 Å². The first-order valence-electron chi connectivity index (χ1n) is 12.6. The van der Waals surface area contributed by atoms with Gasteiger partial charge in [0.25, 0.3) is 0 Å². The predicted molar refractivity (Wildman–Crippen MR) is 133 cm³/mol. The number of fused-ring (bicyclic) bond motifs is 1. The molecule has 0 aliphatic heterocycles. The molecule has 8 nitrogen and oxygen atoms in total. The van der Waals surface area contributed by atoms with Gasteiger partial charge < -0.3 is 15.7 Å². The number of halogens is 1. The zero-order valence-electron chi connectivity index (χ0n) is 19.9. The highest BCUT2D eigenvalue weighted by atomic mass is 19.1. The van der Waals surface area contributed by atoms with Crippen LogP contribution >= 0.6 is 0 Å². The highest BCUT2D eigenvalue weighted by Gasteiger charge is 2.56. The zero-order valence-corrected chi connectivity index (χ0v) is 19.9. The second-order valence-electron chi connectivity index (χ2n) is 10.9. The first kappa shape index (κ1) is 21.8. The number of aliphatic hydroxyl groups is 1. The van der Waals surface area contributed by atoms with E-state index in [0.717, 1.165) is 43.2 Å². The second kappa shape index (κ2) is 8.04. The van der Waals surface area contributed by atoms with E-state index in [1.54, 1.807) is 23.0 Å².